The number of rotatable bonds is 5. The minimum absolute atomic E-state index is 0.366. The fraction of sp³-hybridized carbons (Fsp3) is 0.462. The first kappa shape index (κ1) is 15.1. The summed E-state index contributed by atoms with van der Waals surface area (Å²) < 4.78 is 38.8. The van der Waals surface area contributed by atoms with Gasteiger partial charge in [-0.3, -0.25) is 4.68 Å². The highest BCUT2D eigenvalue weighted by Crippen LogP contribution is 2.29. The van der Waals surface area contributed by atoms with Gasteiger partial charge in [0.2, 0.25) is 0 Å². The molecule has 0 spiro atoms. The Kier molecular flexibility index (Phi) is 4.49. The Morgan fingerprint density at radius 1 is 1.40 bits per heavy atom. The molecule has 0 unspecified atom stereocenters. The summed E-state index contributed by atoms with van der Waals surface area (Å²) >= 11 is 1.66. The molecular weight excluding hydrogens is 287 g/mol. The van der Waals surface area contributed by atoms with Gasteiger partial charge in [-0.15, -0.1) is 11.3 Å². The van der Waals surface area contributed by atoms with E-state index in [1.54, 1.807) is 11.3 Å². The van der Waals surface area contributed by atoms with E-state index in [2.05, 4.69) is 10.4 Å². The minimum Gasteiger partial charge on any atom is -0.312 e. The zero-order valence-electron chi connectivity index (χ0n) is 11.3. The lowest BCUT2D eigenvalue weighted by Gasteiger charge is -2.02. The van der Waals surface area contributed by atoms with Gasteiger partial charge in [-0.05, 0) is 25.1 Å². The standard InChI is InChI=1S/C13H16F3N3S/c1-3-17-6-12-4-10(9(2)20-12)7-19-8-11(5-18-19)13(14,15)16/h4-5,8,17H,3,6-7H2,1-2H3. The minimum atomic E-state index is -4.34. The second-order valence-electron chi connectivity index (χ2n) is 4.50. The van der Waals surface area contributed by atoms with Crippen LogP contribution in [-0.2, 0) is 19.3 Å². The highest BCUT2D eigenvalue weighted by molar-refractivity contribution is 7.12. The van der Waals surface area contributed by atoms with Crippen LogP contribution in [0.4, 0.5) is 13.2 Å². The molecule has 2 aromatic heterocycles. The van der Waals surface area contributed by atoms with Gasteiger partial charge in [-0.2, -0.15) is 18.3 Å². The van der Waals surface area contributed by atoms with Crippen LogP contribution < -0.4 is 5.32 Å². The lowest BCUT2D eigenvalue weighted by Crippen LogP contribution is -2.10. The topological polar surface area (TPSA) is 29.9 Å². The molecule has 20 heavy (non-hydrogen) atoms. The smallest absolute Gasteiger partial charge is 0.312 e. The van der Waals surface area contributed by atoms with Crippen molar-refractivity contribution in [1.29, 1.82) is 0 Å². The quantitative estimate of drug-likeness (QED) is 0.917. The highest BCUT2D eigenvalue weighted by Gasteiger charge is 2.32. The first-order chi connectivity index (χ1) is 9.40. The summed E-state index contributed by atoms with van der Waals surface area (Å²) in [7, 11) is 0. The lowest BCUT2D eigenvalue weighted by molar-refractivity contribution is -0.137. The molecule has 2 aromatic rings. The summed E-state index contributed by atoms with van der Waals surface area (Å²) in [5.41, 5.74) is 0.304. The van der Waals surface area contributed by atoms with Gasteiger partial charge in [0.25, 0.3) is 0 Å². The van der Waals surface area contributed by atoms with Gasteiger partial charge in [0, 0.05) is 22.5 Å². The molecule has 0 saturated heterocycles. The summed E-state index contributed by atoms with van der Waals surface area (Å²) in [6.45, 7) is 6.05. The summed E-state index contributed by atoms with van der Waals surface area (Å²) in [5, 5.41) is 7.01. The Morgan fingerprint density at radius 2 is 2.15 bits per heavy atom. The average Bonchev–Trinajstić information content (AvgIpc) is 2.95. The second-order valence-corrected chi connectivity index (χ2v) is 5.84. The Balaban J connectivity index is 2.10. The van der Waals surface area contributed by atoms with E-state index in [0.29, 0.717) is 6.54 Å². The normalized spacial score (nSPS) is 12.1. The summed E-state index contributed by atoms with van der Waals surface area (Å²) in [5.74, 6) is 0. The molecule has 0 bridgehead atoms. The van der Waals surface area contributed by atoms with Crippen LogP contribution in [0.2, 0.25) is 0 Å². The second kappa shape index (κ2) is 5.97. The molecule has 0 radical (unpaired) electrons. The molecule has 0 saturated carbocycles. The van der Waals surface area contributed by atoms with Crippen molar-refractivity contribution in [2.24, 2.45) is 0 Å². The number of aromatic nitrogens is 2. The predicted molar refractivity (Wildman–Crippen MR) is 72.8 cm³/mol. The van der Waals surface area contributed by atoms with Crippen molar-refractivity contribution < 1.29 is 13.2 Å². The number of nitrogens with one attached hydrogen (secondary N) is 1. The van der Waals surface area contributed by atoms with E-state index >= 15 is 0 Å². The van der Waals surface area contributed by atoms with Crippen molar-refractivity contribution in [2.45, 2.75) is 33.1 Å². The molecule has 0 aliphatic carbocycles. The first-order valence-corrected chi connectivity index (χ1v) is 7.10. The fourth-order valence-electron chi connectivity index (χ4n) is 1.85. The van der Waals surface area contributed by atoms with Crippen molar-refractivity contribution in [1.82, 2.24) is 15.1 Å². The summed E-state index contributed by atoms with van der Waals surface area (Å²) in [6.07, 6.45) is -2.43. The maximum absolute atomic E-state index is 12.5. The van der Waals surface area contributed by atoms with Crippen LogP contribution in [-0.4, -0.2) is 16.3 Å². The SMILES string of the molecule is CCNCc1cc(Cn2cc(C(F)(F)F)cn2)c(C)s1. The number of hydrogen-bond donors (Lipinski definition) is 1. The van der Waals surface area contributed by atoms with Crippen molar-refractivity contribution >= 4 is 11.3 Å². The number of alkyl halides is 3. The zero-order valence-corrected chi connectivity index (χ0v) is 12.1. The predicted octanol–water partition coefficient (Wildman–Crippen LogP) is 3.43. The molecule has 110 valence electrons. The Hall–Kier alpha value is -1.34. The maximum Gasteiger partial charge on any atom is 0.419 e. The third kappa shape index (κ3) is 3.61. The van der Waals surface area contributed by atoms with Gasteiger partial charge < -0.3 is 5.32 Å². The fourth-order valence-corrected chi connectivity index (χ4v) is 2.87. The molecule has 0 amide bonds. The van der Waals surface area contributed by atoms with Crippen LogP contribution in [0.15, 0.2) is 18.5 Å². The van der Waals surface area contributed by atoms with Gasteiger partial charge in [0.1, 0.15) is 0 Å². The molecule has 1 N–H and O–H groups in total. The largest absolute Gasteiger partial charge is 0.419 e. The van der Waals surface area contributed by atoms with E-state index in [-0.39, 0.29) is 0 Å². The molecule has 0 aliphatic heterocycles. The molecular formula is C13H16F3N3S. The van der Waals surface area contributed by atoms with Gasteiger partial charge in [0.15, 0.2) is 0 Å². The van der Waals surface area contributed by atoms with Gasteiger partial charge in [-0.1, -0.05) is 6.92 Å². The Bertz CT molecular complexity index is 572. The van der Waals surface area contributed by atoms with Gasteiger partial charge >= 0.3 is 6.18 Å². The molecule has 3 nitrogen and oxygen atoms in total. The Morgan fingerprint density at radius 3 is 2.75 bits per heavy atom. The van der Waals surface area contributed by atoms with E-state index in [1.165, 1.54) is 9.56 Å². The lowest BCUT2D eigenvalue weighted by atomic mass is 10.2. The molecule has 0 atom stereocenters. The molecule has 0 fully saturated rings. The average molecular weight is 303 g/mol. The van der Waals surface area contributed by atoms with E-state index in [0.717, 1.165) is 35.9 Å². The van der Waals surface area contributed by atoms with Crippen LogP contribution in [0, 0.1) is 6.92 Å². The van der Waals surface area contributed by atoms with E-state index in [9.17, 15) is 13.2 Å². The molecule has 0 aromatic carbocycles. The number of halogens is 3. The number of nitrogens with zero attached hydrogens (tertiary/aromatic N) is 2. The van der Waals surface area contributed by atoms with Crippen LogP contribution in [0.5, 0.6) is 0 Å². The Labute approximate surface area is 119 Å². The van der Waals surface area contributed by atoms with E-state index in [1.807, 2.05) is 19.9 Å². The third-order valence-corrected chi connectivity index (χ3v) is 4.01. The monoisotopic (exact) mass is 303 g/mol. The van der Waals surface area contributed by atoms with Crippen LogP contribution in [0.25, 0.3) is 0 Å². The van der Waals surface area contributed by atoms with Gasteiger partial charge in [0.05, 0.1) is 18.3 Å². The zero-order chi connectivity index (χ0) is 14.8. The number of aryl methyl sites for hydroxylation is 1. The van der Waals surface area contributed by atoms with E-state index < -0.39 is 11.7 Å². The molecule has 7 heteroatoms. The molecule has 2 heterocycles. The number of thiophene rings is 1. The van der Waals surface area contributed by atoms with Gasteiger partial charge in [-0.25, -0.2) is 0 Å². The first-order valence-electron chi connectivity index (χ1n) is 6.28. The molecule has 2 rings (SSSR count). The van der Waals surface area contributed by atoms with Crippen molar-refractivity contribution in [3.63, 3.8) is 0 Å². The van der Waals surface area contributed by atoms with Crippen LogP contribution in [0.1, 0.15) is 27.8 Å². The van der Waals surface area contributed by atoms with Crippen molar-refractivity contribution in [3.05, 3.63) is 39.3 Å². The third-order valence-electron chi connectivity index (χ3n) is 2.91. The maximum atomic E-state index is 12.5. The van der Waals surface area contributed by atoms with E-state index in [4.69, 9.17) is 0 Å². The van der Waals surface area contributed by atoms with Crippen molar-refractivity contribution in [3.8, 4) is 0 Å². The highest BCUT2D eigenvalue weighted by atomic mass is 32.1. The van der Waals surface area contributed by atoms with Crippen LogP contribution in [0.3, 0.4) is 0 Å². The summed E-state index contributed by atoms with van der Waals surface area (Å²) in [6, 6.07) is 2.03. The molecule has 0 aliphatic rings. The van der Waals surface area contributed by atoms with Crippen molar-refractivity contribution in [2.75, 3.05) is 6.54 Å². The number of hydrogen-bond acceptors (Lipinski definition) is 3. The summed E-state index contributed by atoms with van der Waals surface area (Å²) in [4.78, 5) is 2.30. The van der Waals surface area contributed by atoms with Crippen LogP contribution >= 0.6 is 11.3 Å².